The molecule has 8 heteroatoms. The van der Waals surface area contributed by atoms with Crippen molar-refractivity contribution in [3.8, 4) is 0 Å². The van der Waals surface area contributed by atoms with Crippen LogP contribution in [0.2, 0.25) is 0 Å². The van der Waals surface area contributed by atoms with Crippen LogP contribution in [-0.4, -0.2) is 46.3 Å². The van der Waals surface area contributed by atoms with Crippen LogP contribution < -0.4 is 4.90 Å². The number of anilines is 1. The van der Waals surface area contributed by atoms with Crippen molar-refractivity contribution in [2.24, 2.45) is 0 Å². The predicted octanol–water partition coefficient (Wildman–Crippen LogP) is 10.2. The highest BCUT2D eigenvalue weighted by molar-refractivity contribution is 6.07. The second-order valence-corrected chi connectivity index (χ2v) is 12.9. The Balaban J connectivity index is 0.000000175. The highest BCUT2D eigenvalue weighted by Crippen LogP contribution is 2.27. The smallest absolute Gasteiger partial charge is 0.294 e. The van der Waals surface area contributed by atoms with Crippen LogP contribution >= 0.6 is 0 Å². The number of amides is 2. The number of fused-ring (bicyclic) bond motifs is 4. The summed E-state index contributed by atoms with van der Waals surface area (Å²) in [5, 5.41) is 3.81. The summed E-state index contributed by atoms with van der Waals surface area (Å²) in [5.74, 6) is 0.497. The molecule has 2 amide bonds. The Hall–Kier alpha value is -5.50. The minimum atomic E-state index is -0.138. The fourth-order valence-corrected chi connectivity index (χ4v) is 6.09. The van der Waals surface area contributed by atoms with Crippen LogP contribution in [0.5, 0.6) is 0 Å². The fraction of sp³-hybridized carbons (Fsp3) is 0.286. The van der Waals surface area contributed by atoms with Crippen LogP contribution in [0.15, 0.2) is 93.8 Å². The van der Waals surface area contributed by atoms with E-state index >= 15 is 0 Å². The molecule has 0 saturated carbocycles. The predicted molar refractivity (Wildman–Crippen MR) is 202 cm³/mol. The Labute approximate surface area is 292 Å². The summed E-state index contributed by atoms with van der Waals surface area (Å²) in [6.07, 6.45) is 2.93. The quantitative estimate of drug-likeness (QED) is 0.152. The van der Waals surface area contributed by atoms with Gasteiger partial charge >= 0.3 is 0 Å². The van der Waals surface area contributed by atoms with Gasteiger partial charge in [-0.25, -0.2) is 9.97 Å². The summed E-state index contributed by atoms with van der Waals surface area (Å²) < 4.78 is 11.6. The van der Waals surface area contributed by atoms with E-state index in [4.69, 9.17) is 8.83 Å². The molecule has 0 saturated heterocycles. The molecule has 0 N–H and O–H groups in total. The van der Waals surface area contributed by atoms with Crippen LogP contribution in [-0.2, 0) is 0 Å². The number of unbranched alkanes of at least 4 members (excludes halogenated alkanes) is 1. The Morgan fingerprint density at radius 1 is 0.600 bits per heavy atom. The molecular weight excluding hydrogens is 624 g/mol. The van der Waals surface area contributed by atoms with Gasteiger partial charge in [0.15, 0.2) is 11.5 Å². The number of rotatable bonds is 9. The van der Waals surface area contributed by atoms with Gasteiger partial charge in [0.05, 0.1) is 11.0 Å². The second kappa shape index (κ2) is 14.9. The molecule has 256 valence electrons. The number of hydrogen-bond donors (Lipinski definition) is 0. The maximum Gasteiger partial charge on any atom is 0.294 e. The molecule has 0 radical (unpaired) electrons. The summed E-state index contributed by atoms with van der Waals surface area (Å²) in [6.45, 7) is 14.3. The van der Waals surface area contributed by atoms with Gasteiger partial charge in [-0.15, -0.1) is 0 Å². The molecular formula is C42H44N4O4. The minimum Gasteiger partial charge on any atom is -0.433 e. The number of aromatic nitrogens is 2. The van der Waals surface area contributed by atoms with Crippen molar-refractivity contribution in [2.75, 3.05) is 24.5 Å². The van der Waals surface area contributed by atoms with Gasteiger partial charge in [-0.3, -0.25) is 9.59 Å². The number of furan rings is 2. The molecule has 3 aromatic carbocycles. The summed E-state index contributed by atoms with van der Waals surface area (Å²) in [4.78, 5) is 38.5. The van der Waals surface area contributed by atoms with Crippen molar-refractivity contribution in [1.29, 1.82) is 0 Å². The summed E-state index contributed by atoms with van der Waals surface area (Å²) in [6, 6.07) is 27.9. The van der Waals surface area contributed by atoms with Crippen molar-refractivity contribution in [1.82, 2.24) is 14.9 Å². The number of carbonyl (C=O) groups is 2. The maximum absolute atomic E-state index is 13.2. The van der Waals surface area contributed by atoms with Crippen LogP contribution in [0.25, 0.3) is 44.0 Å². The molecule has 50 heavy (non-hydrogen) atoms. The van der Waals surface area contributed by atoms with E-state index in [2.05, 4.69) is 35.9 Å². The Bertz CT molecular complexity index is 2320. The first-order valence-corrected chi connectivity index (χ1v) is 17.5. The first kappa shape index (κ1) is 34.4. The first-order valence-electron chi connectivity index (χ1n) is 17.5. The lowest BCUT2D eigenvalue weighted by Gasteiger charge is -2.21. The van der Waals surface area contributed by atoms with Gasteiger partial charge in [0, 0.05) is 46.9 Å². The highest BCUT2D eigenvalue weighted by atomic mass is 16.4. The Morgan fingerprint density at radius 2 is 1.16 bits per heavy atom. The minimum absolute atomic E-state index is 0.0563. The molecule has 0 aliphatic carbocycles. The first-order chi connectivity index (χ1) is 24.2. The number of benzene rings is 3. The number of pyridine rings is 2. The zero-order valence-electron chi connectivity index (χ0n) is 29.7. The largest absolute Gasteiger partial charge is 0.433 e. The van der Waals surface area contributed by atoms with Crippen molar-refractivity contribution in [3.63, 3.8) is 0 Å². The third-order valence-electron chi connectivity index (χ3n) is 8.80. The molecule has 0 atom stereocenters. The fourth-order valence-electron chi connectivity index (χ4n) is 6.09. The SMILES string of the molecule is CCCCN(CC)C(=O)c1cc2cc3ccc(C)cc3nc2o1.CCCN(C(=O)c1cc2cc3ccc(C)cc3nc2o1)c1cccc(C)c1. The molecule has 0 aliphatic heterocycles. The lowest BCUT2D eigenvalue weighted by atomic mass is 10.1. The number of hydrogen-bond acceptors (Lipinski definition) is 6. The highest BCUT2D eigenvalue weighted by Gasteiger charge is 2.22. The Morgan fingerprint density at radius 3 is 1.68 bits per heavy atom. The summed E-state index contributed by atoms with van der Waals surface area (Å²) in [5.41, 5.74) is 7.10. The van der Waals surface area contributed by atoms with E-state index in [0.717, 1.165) is 80.8 Å². The molecule has 0 unspecified atom stereocenters. The lowest BCUT2D eigenvalue weighted by molar-refractivity contribution is 0.0732. The van der Waals surface area contributed by atoms with E-state index in [0.29, 0.717) is 36.0 Å². The molecule has 0 aliphatic rings. The van der Waals surface area contributed by atoms with Gasteiger partial charge in [0.2, 0.25) is 11.4 Å². The van der Waals surface area contributed by atoms with Crippen LogP contribution in [0.4, 0.5) is 5.69 Å². The standard InChI is InChI=1S/C23H22N2O2.C19H22N2O2/c1-4-10-25(19-7-5-6-15(2)11-19)23(26)21-14-18-13-17-9-8-16(3)12-20(17)24-22(18)27-21;1-4-6-9-21(5-2)19(22)17-12-15-11-14-8-7-13(3)10-16(14)20-18(15)23-17/h5-9,11-14H,4,10H2,1-3H3;7-8,10-12H,4-6,9H2,1-3H3. The van der Waals surface area contributed by atoms with Crippen molar-refractivity contribution in [3.05, 3.63) is 113 Å². The topological polar surface area (TPSA) is 92.7 Å². The van der Waals surface area contributed by atoms with Crippen molar-refractivity contribution >= 4 is 61.5 Å². The van der Waals surface area contributed by atoms with E-state index in [1.807, 2.05) is 93.3 Å². The zero-order valence-corrected chi connectivity index (χ0v) is 29.7. The van der Waals surface area contributed by atoms with E-state index in [1.165, 1.54) is 0 Å². The molecule has 8 nitrogen and oxygen atoms in total. The van der Waals surface area contributed by atoms with Crippen LogP contribution in [0.3, 0.4) is 0 Å². The van der Waals surface area contributed by atoms with Crippen molar-refractivity contribution in [2.45, 2.75) is 60.8 Å². The second-order valence-electron chi connectivity index (χ2n) is 12.9. The van der Waals surface area contributed by atoms with E-state index in [1.54, 1.807) is 17.0 Å². The molecule has 4 aromatic heterocycles. The van der Waals surface area contributed by atoms with Gasteiger partial charge in [-0.1, -0.05) is 56.7 Å². The summed E-state index contributed by atoms with van der Waals surface area (Å²) in [7, 11) is 0. The van der Waals surface area contributed by atoms with Gasteiger partial charge in [-0.2, -0.15) is 0 Å². The molecule has 7 aromatic rings. The number of aryl methyl sites for hydroxylation is 3. The molecule has 0 bridgehead atoms. The van der Waals surface area contributed by atoms with Gasteiger partial charge in [-0.05, 0) is 106 Å². The average molecular weight is 669 g/mol. The number of carbonyl (C=O) groups excluding carboxylic acids is 2. The van der Waals surface area contributed by atoms with Gasteiger partial charge in [0.25, 0.3) is 11.8 Å². The maximum atomic E-state index is 13.2. The molecule has 0 fully saturated rings. The monoisotopic (exact) mass is 668 g/mol. The zero-order chi connectivity index (χ0) is 35.4. The third kappa shape index (κ3) is 7.39. The third-order valence-corrected chi connectivity index (χ3v) is 8.80. The van der Waals surface area contributed by atoms with E-state index in [9.17, 15) is 9.59 Å². The lowest BCUT2D eigenvalue weighted by Crippen LogP contribution is -2.31. The molecule has 7 rings (SSSR count). The molecule has 4 heterocycles. The van der Waals surface area contributed by atoms with E-state index < -0.39 is 0 Å². The van der Waals surface area contributed by atoms with Crippen molar-refractivity contribution < 1.29 is 18.4 Å². The van der Waals surface area contributed by atoms with Gasteiger partial charge in [0.1, 0.15) is 0 Å². The normalized spacial score (nSPS) is 11.2. The number of nitrogens with zero attached hydrogens (tertiary/aromatic N) is 4. The van der Waals surface area contributed by atoms with E-state index in [-0.39, 0.29) is 11.8 Å². The summed E-state index contributed by atoms with van der Waals surface area (Å²) >= 11 is 0. The van der Waals surface area contributed by atoms with Crippen LogP contribution in [0, 0.1) is 20.8 Å². The molecule has 0 spiro atoms. The average Bonchev–Trinajstić information content (AvgIpc) is 3.72. The Kier molecular flexibility index (Phi) is 10.3. The van der Waals surface area contributed by atoms with Crippen LogP contribution in [0.1, 0.15) is 77.8 Å². The van der Waals surface area contributed by atoms with Gasteiger partial charge < -0.3 is 18.6 Å².